The van der Waals surface area contributed by atoms with Crippen molar-refractivity contribution >= 4 is 29.2 Å². The Morgan fingerprint density at radius 2 is 2.15 bits per heavy atom. The molecule has 1 aliphatic rings. The van der Waals surface area contributed by atoms with Crippen LogP contribution in [0.5, 0.6) is 0 Å². The van der Waals surface area contributed by atoms with E-state index >= 15 is 0 Å². The van der Waals surface area contributed by atoms with Gasteiger partial charge < -0.3 is 11.1 Å². The molecule has 2 aromatic rings. The molecule has 0 aliphatic heterocycles. The molecule has 0 unspecified atom stereocenters. The highest BCUT2D eigenvalue weighted by Gasteiger charge is 2.40. The fraction of sp³-hybridized carbons (Fsp3) is 0.467. The van der Waals surface area contributed by atoms with Crippen LogP contribution in [-0.2, 0) is 10.5 Å². The number of carbonyl (C=O) groups is 2. The molecule has 0 spiro atoms. The molecule has 0 atom stereocenters. The molecule has 146 valence electrons. The van der Waals surface area contributed by atoms with E-state index in [1.807, 2.05) is 6.26 Å². The van der Waals surface area contributed by atoms with Crippen molar-refractivity contribution in [1.29, 1.82) is 0 Å². The Morgan fingerprint density at radius 1 is 1.44 bits per heavy atom. The Morgan fingerprint density at radius 3 is 2.74 bits per heavy atom. The minimum Gasteiger partial charge on any atom is -0.365 e. The largest absolute Gasteiger partial charge is 0.522 e. The van der Waals surface area contributed by atoms with Crippen LogP contribution < -0.4 is 11.1 Å². The number of halogens is 3. The summed E-state index contributed by atoms with van der Waals surface area (Å²) < 4.78 is 41.6. The number of alkyl halides is 3. The molecule has 0 saturated heterocycles. The number of carbonyl (C=O) groups excluding carboxylic acids is 2. The maximum Gasteiger partial charge on any atom is 0.522 e. The minimum atomic E-state index is -4.69. The van der Waals surface area contributed by atoms with Crippen LogP contribution in [0.15, 0.2) is 12.3 Å². The van der Waals surface area contributed by atoms with E-state index in [1.165, 1.54) is 28.5 Å². The van der Waals surface area contributed by atoms with E-state index in [9.17, 15) is 22.8 Å². The number of hydrogen-bond donors (Lipinski definition) is 2. The molecule has 1 fully saturated rings. The van der Waals surface area contributed by atoms with Gasteiger partial charge in [0.05, 0.1) is 11.8 Å². The number of hydrogen-bond acceptors (Lipinski definition) is 6. The molecule has 1 saturated carbocycles. The van der Waals surface area contributed by atoms with E-state index in [4.69, 9.17) is 5.73 Å². The zero-order valence-electron chi connectivity index (χ0n) is 14.1. The van der Waals surface area contributed by atoms with Crippen LogP contribution in [-0.4, -0.2) is 51.2 Å². The first-order chi connectivity index (χ1) is 12.7. The van der Waals surface area contributed by atoms with Crippen LogP contribution in [0.1, 0.15) is 39.4 Å². The van der Waals surface area contributed by atoms with E-state index in [-0.39, 0.29) is 29.7 Å². The maximum atomic E-state index is 12.5. The van der Waals surface area contributed by atoms with Gasteiger partial charge in [-0.05, 0) is 25.2 Å². The highest BCUT2D eigenvalue weighted by atomic mass is 32.2. The molecule has 3 rings (SSSR count). The number of nitrogens with zero attached hydrogens (tertiary/aromatic N) is 3. The lowest BCUT2D eigenvalue weighted by Crippen LogP contribution is -2.49. The number of primary amides is 1. The summed E-state index contributed by atoms with van der Waals surface area (Å²) in [7, 11) is 0. The fourth-order valence-corrected chi connectivity index (χ4v) is 3.35. The second kappa shape index (κ2) is 7.35. The average molecular weight is 403 g/mol. The Labute approximate surface area is 155 Å². The van der Waals surface area contributed by atoms with E-state index < -0.39 is 30.3 Å². The summed E-state index contributed by atoms with van der Waals surface area (Å²) in [4.78, 5) is 28.3. The predicted octanol–water partition coefficient (Wildman–Crippen LogP) is 1.49. The number of nitrogens with two attached hydrogens (primary N) is 1. The van der Waals surface area contributed by atoms with Crippen molar-refractivity contribution in [2.24, 2.45) is 5.73 Å². The van der Waals surface area contributed by atoms with Crippen molar-refractivity contribution in [1.82, 2.24) is 19.9 Å². The SMILES string of the molecule is CSCc1nn2c(C(=O)NC3CC(OC(F)(F)F)C3)ccnc2c1C(N)=O. The van der Waals surface area contributed by atoms with Gasteiger partial charge in [0, 0.05) is 18.0 Å². The molecule has 2 heterocycles. The average Bonchev–Trinajstić information content (AvgIpc) is 2.89. The van der Waals surface area contributed by atoms with Gasteiger partial charge in [-0.2, -0.15) is 16.9 Å². The third-order valence-electron chi connectivity index (χ3n) is 4.08. The number of amides is 2. The van der Waals surface area contributed by atoms with Crippen LogP contribution in [0.4, 0.5) is 13.2 Å². The Kier molecular flexibility index (Phi) is 5.29. The molecule has 8 nitrogen and oxygen atoms in total. The van der Waals surface area contributed by atoms with Gasteiger partial charge in [-0.3, -0.25) is 14.3 Å². The van der Waals surface area contributed by atoms with Gasteiger partial charge >= 0.3 is 6.36 Å². The third kappa shape index (κ3) is 4.16. The predicted molar refractivity (Wildman–Crippen MR) is 90.1 cm³/mol. The lowest BCUT2D eigenvalue weighted by molar-refractivity contribution is -0.351. The smallest absolute Gasteiger partial charge is 0.365 e. The third-order valence-corrected chi connectivity index (χ3v) is 4.64. The molecule has 1 aliphatic carbocycles. The van der Waals surface area contributed by atoms with Crippen molar-refractivity contribution in [2.75, 3.05) is 6.26 Å². The summed E-state index contributed by atoms with van der Waals surface area (Å²) in [5.74, 6) is -0.834. The molecule has 2 amide bonds. The summed E-state index contributed by atoms with van der Waals surface area (Å²) in [6, 6.07) is 0.968. The summed E-state index contributed by atoms with van der Waals surface area (Å²) in [5, 5.41) is 6.89. The monoisotopic (exact) mass is 403 g/mol. The van der Waals surface area contributed by atoms with Gasteiger partial charge in [0.2, 0.25) is 0 Å². The van der Waals surface area contributed by atoms with Crippen LogP contribution >= 0.6 is 11.8 Å². The van der Waals surface area contributed by atoms with E-state index in [0.29, 0.717) is 11.4 Å². The number of aromatic nitrogens is 3. The van der Waals surface area contributed by atoms with E-state index in [2.05, 4.69) is 20.1 Å². The van der Waals surface area contributed by atoms with E-state index in [1.54, 1.807) is 0 Å². The van der Waals surface area contributed by atoms with Crippen LogP contribution in [0.2, 0.25) is 0 Å². The standard InChI is InChI=1S/C15H16F3N5O3S/c1-27-6-9-11(12(19)24)13-20-3-2-10(23(13)22-9)14(25)21-7-4-8(5-7)26-15(16,17)18/h2-3,7-8H,4-6H2,1H3,(H2,19,24)(H,21,25). The molecular formula is C15H16F3N5O3S. The fourth-order valence-electron chi connectivity index (χ4n) is 2.88. The molecular weight excluding hydrogens is 387 g/mol. The van der Waals surface area contributed by atoms with Gasteiger partial charge in [0.1, 0.15) is 11.3 Å². The van der Waals surface area contributed by atoms with Gasteiger partial charge in [-0.15, -0.1) is 13.2 Å². The zero-order chi connectivity index (χ0) is 19.8. The van der Waals surface area contributed by atoms with Gasteiger partial charge in [-0.1, -0.05) is 0 Å². The van der Waals surface area contributed by atoms with Crippen LogP contribution in [0, 0.1) is 0 Å². The molecule has 2 aromatic heterocycles. The molecule has 0 radical (unpaired) electrons. The quantitative estimate of drug-likeness (QED) is 0.756. The van der Waals surface area contributed by atoms with Gasteiger partial charge in [-0.25, -0.2) is 9.50 Å². The first kappa shape index (κ1) is 19.4. The van der Waals surface area contributed by atoms with Gasteiger partial charge in [0.15, 0.2) is 5.65 Å². The van der Waals surface area contributed by atoms with Crippen molar-refractivity contribution in [3.63, 3.8) is 0 Å². The highest BCUT2D eigenvalue weighted by molar-refractivity contribution is 7.97. The molecule has 0 aromatic carbocycles. The maximum absolute atomic E-state index is 12.5. The number of rotatable bonds is 6. The van der Waals surface area contributed by atoms with Crippen LogP contribution in [0.25, 0.3) is 5.65 Å². The highest BCUT2D eigenvalue weighted by Crippen LogP contribution is 2.30. The van der Waals surface area contributed by atoms with Crippen molar-refractivity contribution in [3.05, 3.63) is 29.2 Å². The number of thioether (sulfide) groups is 1. The van der Waals surface area contributed by atoms with Crippen molar-refractivity contribution in [3.8, 4) is 0 Å². The topological polar surface area (TPSA) is 112 Å². The summed E-state index contributed by atoms with van der Waals surface area (Å²) in [5.41, 5.74) is 6.22. The Hall–Kier alpha value is -2.34. The van der Waals surface area contributed by atoms with Crippen molar-refractivity contribution in [2.45, 2.75) is 37.1 Å². The number of nitrogens with one attached hydrogen (secondary N) is 1. The number of fused-ring (bicyclic) bond motifs is 1. The second-order valence-electron chi connectivity index (χ2n) is 6.01. The first-order valence-corrected chi connectivity index (χ1v) is 9.29. The zero-order valence-corrected chi connectivity index (χ0v) is 14.9. The summed E-state index contributed by atoms with van der Waals surface area (Å²) in [6.07, 6.45) is -2.37. The summed E-state index contributed by atoms with van der Waals surface area (Å²) in [6.45, 7) is 0. The lowest BCUT2D eigenvalue weighted by atomic mass is 9.89. The first-order valence-electron chi connectivity index (χ1n) is 7.90. The Balaban J connectivity index is 1.78. The minimum absolute atomic E-state index is 0.0584. The summed E-state index contributed by atoms with van der Waals surface area (Å²) >= 11 is 1.43. The van der Waals surface area contributed by atoms with Crippen LogP contribution in [0.3, 0.4) is 0 Å². The second-order valence-corrected chi connectivity index (χ2v) is 6.88. The molecule has 12 heteroatoms. The Bertz CT molecular complexity index is 879. The molecule has 0 bridgehead atoms. The molecule has 3 N–H and O–H groups in total. The molecule has 27 heavy (non-hydrogen) atoms. The van der Waals surface area contributed by atoms with Crippen molar-refractivity contribution < 1.29 is 27.5 Å². The lowest BCUT2D eigenvalue weighted by Gasteiger charge is -2.35. The normalized spacial score (nSPS) is 19.7. The number of ether oxygens (including phenoxy) is 1. The van der Waals surface area contributed by atoms with Gasteiger partial charge in [0.25, 0.3) is 11.8 Å². The van der Waals surface area contributed by atoms with E-state index in [0.717, 1.165) is 0 Å².